The molecule has 1 unspecified atom stereocenters. The van der Waals surface area contributed by atoms with Crippen LogP contribution in [0.5, 0.6) is 29.0 Å². The van der Waals surface area contributed by atoms with Crippen LogP contribution in [0.4, 0.5) is 0 Å². The standard InChI is InChI=1S/C24H27N3O7/c1-15-12-22(30)27(2)24(26-15)34-18-7-5-17(6-8-18)33-14-16(28)4-3-11-32-19-9-10-21(29)20(13-19)23(25)31/h5-10,12-13,16,28-29H,3-4,11,14H2,1-2H3,(H2,25,31). The molecule has 1 heterocycles. The molecule has 3 rings (SSSR count). The smallest absolute Gasteiger partial charge is 0.304 e. The van der Waals surface area contributed by atoms with Crippen molar-refractivity contribution in [3.8, 4) is 29.0 Å². The number of aromatic hydroxyl groups is 1. The second-order valence-electron chi connectivity index (χ2n) is 7.65. The summed E-state index contributed by atoms with van der Waals surface area (Å²) < 4.78 is 18.1. The number of ether oxygens (including phenoxy) is 3. The Morgan fingerprint density at radius 2 is 1.76 bits per heavy atom. The van der Waals surface area contributed by atoms with Crippen LogP contribution in [0.25, 0.3) is 0 Å². The molecule has 0 bridgehead atoms. The number of aliphatic hydroxyl groups excluding tert-OH is 1. The van der Waals surface area contributed by atoms with Crippen molar-refractivity contribution in [1.29, 1.82) is 0 Å². The van der Waals surface area contributed by atoms with Crippen LogP contribution < -0.4 is 25.5 Å². The minimum Gasteiger partial charge on any atom is -0.507 e. The average molecular weight is 469 g/mol. The summed E-state index contributed by atoms with van der Waals surface area (Å²) in [5, 5.41) is 19.7. The summed E-state index contributed by atoms with van der Waals surface area (Å²) in [4.78, 5) is 27.3. The summed E-state index contributed by atoms with van der Waals surface area (Å²) in [6.07, 6.45) is 0.285. The van der Waals surface area contributed by atoms with Crippen molar-refractivity contribution in [2.75, 3.05) is 13.2 Å². The molecule has 0 aliphatic carbocycles. The number of aryl methyl sites for hydroxylation is 1. The molecule has 0 spiro atoms. The molecule has 3 aromatic rings. The minimum atomic E-state index is -0.743. The van der Waals surface area contributed by atoms with Crippen LogP contribution in [-0.4, -0.2) is 45.0 Å². The maximum Gasteiger partial charge on any atom is 0.304 e. The Kier molecular flexibility index (Phi) is 8.10. The minimum absolute atomic E-state index is 0.0125. The van der Waals surface area contributed by atoms with E-state index in [1.54, 1.807) is 38.2 Å². The Labute approximate surface area is 196 Å². The Morgan fingerprint density at radius 3 is 2.47 bits per heavy atom. The average Bonchev–Trinajstić information content (AvgIpc) is 2.80. The molecule has 34 heavy (non-hydrogen) atoms. The van der Waals surface area contributed by atoms with Crippen molar-refractivity contribution in [2.45, 2.75) is 25.9 Å². The number of nitrogens with zero attached hydrogens (tertiary/aromatic N) is 2. The van der Waals surface area contributed by atoms with Crippen LogP contribution in [0.3, 0.4) is 0 Å². The molecule has 0 radical (unpaired) electrons. The molecule has 0 fully saturated rings. The van der Waals surface area contributed by atoms with Crippen molar-refractivity contribution in [3.05, 3.63) is 70.1 Å². The fraction of sp³-hybridized carbons (Fsp3) is 0.292. The van der Waals surface area contributed by atoms with Crippen molar-refractivity contribution in [1.82, 2.24) is 9.55 Å². The lowest BCUT2D eigenvalue weighted by atomic mass is 10.2. The molecule has 2 aromatic carbocycles. The van der Waals surface area contributed by atoms with E-state index in [2.05, 4.69) is 4.98 Å². The van der Waals surface area contributed by atoms with Crippen molar-refractivity contribution < 1.29 is 29.2 Å². The van der Waals surface area contributed by atoms with Crippen LogP contribution in [0.15, 0.2) is 53.3 Å². The number of aliphatic hydroxyl groups is 1. The van der Waals surface area contributed by atoms with Gasteiger partial charge in [0.05, 0.1) is 18.3 Å². The highest BCUT2D eigenvalue weighted by atomic mass is 16.5. The van der Waals surface area contributed by atoms with Gasteiger partial charge in [0.1, 0.15) is 29.6 Å². The zero-order valence-corrected chi connectivity index (χ0v) is 18.9. The number of hydrogen-bond acceptors (Lipinski definition) is 8. The molecule has 0 aliphatic rings. The molecule has 0 saturated heterocycles. The lowest BCUT2D eigenvalue weighted by molar-refractivity contribution is 0.0938. The van der Waals surface area contributed by atoms with Gasteiger partial charge in [0, 0.05) is 18.8 Å². The van der Waals surface area contributed by atoms with E-state index in [-0.39, 0.29) is 29.5 Å². The van der Waals surface area contributed by atoms with Crippen LogP contribution in [0.1, 0.15) is 28.9 Å². The molecular formula is C24H27N3O7. The lowest BCUT2D eigenvalue weighted by Gasteiger charge is -2.14. The van der Waals surface area contributed by atoms with Crippen LogP contribution >= 0.6 is 0 Å². The molecule has 10 heteroatoms. The number of carbonyl (C=O) groups excluding carboxylic acids is 1. The van der Waals surface area contributed by atoms with Gasteiger partial charge in [-0.2, -0.15) is 0 Å². The molecule has 10 nitrogen and oxygen atoms in total. The number of phenols is 1. The van der Waals surface area contributed by atoms with Gasteiger partial charge in [-0.3, -0.25) is 14.2 Å². The van der Waals surface area contributed by atoms with E-state index in [1.807, 2.05) is 0 Å². The first-order valence-electron chi connectivity index (χ1n) is 10.6. The summed E-state index contributed by atoms with van der Waals surface area (Å²) in [5.74, 6) is 0.501. The maximum atomic E-state index is 11.8. The largest absolute Gasteiger partial charge is 0.507 e. The molecule has 0 aliphatic heterocycles. The molecule has 1 atom stereocenters. The summed E-state index contributed by atoms with van der Waals surface area (Å²) in [5.41, 5.74) is 5.54. The fourth-order valence-electron chi connectivity index (χ4n) is 3.02. The Hall–Kier alpha value is -4.05. The van der Waals surface area contributed by atoms with Gasteiger partial charge in [-0.05, 0) is 62.2 Å². The van der Waals surface area contributed by atoms with Crippen LogP contribution in [-0.2, 0) is 7.05 Å². The number of primary amides is 1. The zero-order valence-electron chi connectivity index (χ0n) is 18.9. The van der Waals surface area contributed by atoms with Crippen LogP contribution in [0.2, 0.25) is 0 Å². The fourth-order valence-corrected chi connectivity index (χ4v) is 3.02. The first kappa shape index (κ1) is 24.6. The second kappa shape index (κ2) is 11.2. The number of hydrogen-bond donors (Lipinski definition) is 3. The van der Waals surface area contributed by atoms with E-state index < -0.39 is 12.0 Å². The molecule has 1 amide bonds. The lowest BCUT2D eigenvalue weighted by Crippen LogP contribution is -2.19. The third-order valence-corrected chi connectivity index (χ3v) is 4.88. The van der Waals surface area contributed by atoms with E-state index in [0.29, 0.717) is 42.4 Å². The quantitative estimate of drug-likeness (QED) is 0.363. The van der Waals surface area contributed by atoms with Crippen molar-refractivity contribution in [2.24, 2.45) is 12.8 Å². The number of nitrogens with two attached hydrogens (primary N) is 1. The number of carbonyl (C=O) groups is 1. The second-order valence-corrected chi connectivity index (χ2v) is 7.65. The summed E-state index contributed by atoms with van der Waals surface area (Å²) >= 11 is 0. The van der Waals surface area contributed by atoms with E-state index >= 15 is 0 Å². The SMILES string of the molecule is Cc1cc(=O)n(C)c(Oc2ccc(OCC(O)CCCOc3ccc(O)c(C(N)=O)c3)cc2)n1. The van der Waals surface area contributed by atoms with Gasteiger partial charge >= 0.3 is 6.01 Å². The van der Waals surface area contributed by atoms with Gasteiger partial charge in [0.15, 0.2) is 0 Å². The van der Waals surface area contributed by atoms with Gasteiger partial charge < -0.3 is 30.2 Å². The first-order chi connectivity index (χ1) is 16.2. The normalized spacial score (nSPS) is 11.6. The molecule has 1 aromatic heterocycles. The van der Waals surface area contributed by atoms with E-state index in [0.717, 1.165) is 0 Å². The predicted molar refractivity (Wildman–Crippen MR) is 124 cm³/mol. The summed E-state index contributed by atoms with van der Waals surface area (Å²) in [7, 11) is 1.58. The van der Waals surface area contributed by atoms with Gasteiger partial charge in [0.25, 0.3) is 11.5 Å². The van der Waals surface area contributed by atoms with Gasteiger partial charge in [-0.1, -0.05) is 0 Å². The first-order valence-corrected chi connectivity index (χ1v) is 10.6. The third kappa shape index (κ3) is 6.72. The number of aromatic nitrogens is 2. The molecule has 180 valence electrons. The van der Waals surface area contributed by atoms with Crippen molar-refractivity contribution in [3.63, 3.8) is 0 Å². The number of amides is 1. The van der Waals surface area contributed by atoms with Gasteiger partial charge in [0.2, 0.25) is 0 Å². The summed E-state index contributed by atoms with van der Waals surface area (Å²) in [6.45, 7) is 2.12. The predicted octanol–water partition coefficient (Wildman–Crippen LogP) is 2.28. The highest BCUT2D eigenvalue weighted by molar-refractivity contribution is 5.95. The monoisotopic (exact) mass is 469 g/mol. The Morgan fingerprint density at radius 1 is 1.09 bits per heavy atom. The van der Waals surface area contributed by atoms with Crippen LogP contribution in [0, 0.1) is 6.92 Å². The highest BCUT2D eigenvalue weighted by Gasteiger charge is 2.10. The zero-order chi connectivity index (χ0) is 24.7. The molecule has 4 N–H and O–H groups in total. The topological polar surface area (TPSA) is 146 Å². The number of rotatable bonds is 11. The van der Waals surface area contributed by atoms with E-state index in [4.69, 9.17) is 19.9 Å². The van der Waals surface area contributed by atoms with E-state index in [9.17, 15) is 19.8 Å². The number of benzene rings is 2. The highest BCUT2D eigenvalue weighted by Crippen LogP contribution is 2.23. The van der Waals surface area contributed by atoms with Gasteiger partial charge in [-0.25, -0.2) is 4.98 Å². The maximum absolute atomic E-state index is 11.8. The molecule has 0 saturated carbocycles. The third-order valence-electron chi connectivity index (χ3n) is 4.88. The summed E-state index contributed by atoms with van der Waals surface area (Å²) in [6, 6.07) is 12.6. The van der Waals surface area contributed by atoms with Gasteiger partial charge in [-0.15, -0.1) is 0 Å². The Balaban J connectivity index is 1.41. The molecular weight excluding hydrogens is 442 g/mol. The van der Waals surface area contributed by atoms with E-state index in [1.165, 1.54) is 28.8 Å². The van der Waals surface area contributed by atoms with Crippen molar-refractivity contribution >= 4 is 5.91 Å². The Bertz CT molecular complexity index is 1190.